The molecule has 0 atom stereocenters. The van der Waals surface area contributed by atoms with Crippen LogP contribution >= 0.6 is 0 Å². The van der Waals surface area contributed by atoms with E-state index in [2.05, 4.69) is 20.6 Å². The molecule has 1 saturated carbocycles. The van der Waals surface area contributed by atoms with Gasteiger partial charge in [-0.1, -0.05) is 12.1 Å². The molecule has 0 radical (unpaired) electrons. The van der Waals surface area contributed by atoms with E-state index in [0.717, 1.165) is 31.5 Å². The van der Waals surface area contributed by atoms with Gasteiger partial charge in [0.25, 0.3) is 5.69 Å². The van der Waals surface area contributed by atoms with E-state index in [1.54, 1.807) is 24.4 Å². The van der Waals surface area contributed by atoms with E-state index in [4.69, 9.17) is 0 Å². The maximum Gasteiger partial charge on any atom is 0.270 e. The summed E-state index contributed by atoms with van der Waals surface area (Å²) in [6.45, 7) is 0.622. The molecule has 1 aliphatic carbocycles. The van der Waals surface area contributed by atoms with E-state index >= 15 is 0 Å². The Morgan fingerprint density at radius 3 is 2.74 bits per heavy atom. The number of nitro groups is 1. The average molecular weight is 425 g/mol. The molecule has 164 valence electrons. The first-order valence-corrected chi connectivity index (χ1v) is 10.4. The third-order valence-electron chi connectivity index (χ3n) is 5.35. The van der Waals surface area contributed by atoms with Gasteiger partial charge in [0.1, 0.15) is 5.82 Å². The van der Waals surface area contributed by atoms with Crippen LogP contribution in [0.25, 0.3) is 6.08 Å². The zero-order valence-corrected chi connectivity index (χ0v) is 17.8. The van der Waals surface area contributed by atoms with Crippen LogP contribution in [-0.2, 0) is 4.79 Å². The zero-order chi connectivity index (χ0) is 22.2. The van der Waals surface area contributed by atoms with Gasteiger partial charge in [0.05, 0.1) is 4.92 Å². The Hall–Kier alpha value is -3.49. The van der Waals surface area contributed by atoms with Gasteiger partial charge in [0.2, 0.25) is 11.9 Å². The summed E-state index contributed by atoms with van der Waals surface area (Å²) in [7, 11) is 3.90. The predicted octanol–water partition coefficient (Wildman–Crippen LogP) is 3.25. The van der Waals surface area contributed by atoms with Crippen LogP contribution in [0.4, 0.5) is 17.5 Å². The van der Waals surface area contributed by atoms with Gasteiger partial charge in [-0.3, -0.25) is 14.9 Å². The number of carbonyl (C=O) groups excluding carboxylic acids is 1. The molecule has 0 spiro atoms. The Labute approximate surface area is 181 Å². The van der Waals surface area contributed by atoms with E-state index in [9.17, 15) is 14.9 Å². The molecule has 1 aromatic carbocycles. The Balaban J connectivity index is 1.41. The Kier molecular flexibility index (Phi) is 7.53. The molecule has 0 saturated heterocycles. The maximum absolute atomic E-state index is 12.1. The quantitative estimate of drug-likeness (QED) is 0.380. The van der Waals surface area contributed by atoms with Crippen molar-refractivity contribution < 1.29 is 9.72 Å². The lowest BCUT2D eigenvalue weighted by Crippen LogP contribution is -2.33. The highest BCUT2D eigenvalue weighted by atomic mass is 16.6. The van der Waals surface area contributed by atoms with E-state index in [0.29, 0.717) is 30.0 Å². The smallest absolute Gasteiger partial charge is 0.270 e. The van der Waals surface area contributed by atoms with Crippen molar-refractivity contribution in [2.75, 3.05) is 30.9 Å². The van der Waals surface area contributed by atoms with Crippen LogP contribution in [-0.4, -0.2) is 47.5 Å². The van der Waals surface area contributed by atoms with Crippen LogP contribution in [0.5, 0.6) is 0 Å². The molecule has 3 rings (SSSR count). The van der Waals surface area contributed by atoms with Gasteiger partial charge in [-0.15, -0.1) is 0 Å². The summed E-state index contributed by atoms with van der Waals surface area (Å²) in [5, 5.41) is 17.2. The number of rotatable bonds is 8. The van der Waals surface area contributed by atoms with Crippen LogP contribution in [0.3, 0.4) is 0 Å². The van der Waals surface area contributed by atoms with Crippen LogP contribution in [0, 0.1) is 16.0 Å². The van der Waals surface area contributed by atoms with Gasteiger partial charge in [0, 0.05) is 51.1 Å². The lowest BCUT2D eigenvalue weighted by Gasteiger charge is -2.29. The predicted molar refractivity (Wildman–Crippen MR) is 121 cm³/mol. The second kappa shape index (κ2) is 10.5. The van der Waals surface area contributed by atoms with Crippen molar-refractivity contribution in [3.8, 4) is 0 Å². The monoisotopic (exact) mass is 424 g/mol. The molecule has 9 nitrogen and oxygen atoms in total. The molecule has 2 aromatic rings. The first-order chi connectivity index (χ1) is 14.9. The van der Waals surface area contributed by atoms with Crippen LogP contribution in [0.15, 0.2) is 42.6 Å². The van der Waals surface area contributed by atoms with E-state index in [1.165, 1.54) is 18.2 Å². The number of nitrogens with zero attached hydrogens (tertiary/aromatic N) is 4. The topological polar surface area (TPSA) is 113 Å². The summed E-state index contributed by atoms with van der Waals surface area (Å²) >= 11 is 0. The van der Waals surface area contributed by atoms with Crippen molar-refractivity contribution in [3.05, 3.63) is 58.3 Å². The van der Waals surface area contributed by atoms with Gasteiger partial charge in [0.15, 0.2) is 0 Å². The summed E-state index contributed by atoms with van der Waals surface area (Å²) in [5.74, 6) is 1.75. The second-order valence-corrected chi connectivity index (χ2v) is 7.93. The number of non-ortho nitro benzene ring substituents is 1. The van der Waals surface area contributed by atoms with Crippen molar-refractivity contribution in [2.45, 2.75) is 31.7 Å². The minimum Gasteiger partial charge on any atom is -0.363 e. The number of anilines is 2. The van der Waals surface area contributed by atoms with E-state index in [-0.39, 0.29) is 11.6 Å². The van der Waals surface area contributed by atoms with Crippen LogP contribution < -0.4 is 15.5 Å². The largest absolute Gasteiger partial charge is 0.363 e. The molecule has 1 amide bonds. The molecule has 31 heavy (non-hydrogen) atoms. The molecular weight excluding hydrogens is 396 g/mol. The molecule has 9 heteroatoms. The molecular formula is C22H28N6O3. The fourth-order valence-electron chi connectivity index (χ4n) is 3.58. The number of nitro benzene ring substituents is 1. The van der Waals surface area contributed by atoms with E-state index < -0.39 is 4.92 Å². The molecule has 2 N–H and O–H groups in total. The third kappa shape index (κ3) is 6.77. The van der Waals surface area contributed by atoms with Crippen molar-refractivity contribution in [2.24, 2.45) is 5.92 Å². The molecule has 0 bridgehead atoms. The summed E-state index contributed by atoms with van der Waals surface area (Å²) in [5.41, 5.74) is 0.628. The molecule has 1 aromatic heterocycles. The zero-order valence-electron chi connectivity index (χ0n) is 17.8. The lowest BCUT2D eigenvalue weighted by atomic mass is 9.86. The molecule has 1 fully saturated rings. The summed E-state index contributed by atoms with van der Waals surface area (Å²) in [6.07, 6.45) is 8.79. The third-order valence-corrected chi connectivity index (χ3v) is 5.35. The molecule has 0 unspecified atom stereocenters. The molecule has 1 aliphatic rings. The Morgan fingerprint density at radius 1 is 1.26 bits per heavy atom. The van der Waals surface area contributed by atoms with Crippen molar-refractivity contribution in [1.82, 2.24) is 15.3 Å². The number of benzene rings is 1. The Morgan fingerprint density at radius 2 is 2.03 bits per heavy atom. The standard InChI is InChI=1S/C22H28N6O3/c1-27(2)20-12-13-23-22(26-20)25-18-9-6-17(7-10-18)15-24-21(29)11-8-16-4-3-5-19(14-16)28(30)31/h3-5,8,11-14,17-18H,6-7,9-10,15H2,1-2H3,(H,24,29)(H,23,25,26). The minimum absolute atomic E-state index is 0.00627. The SMILES string of the molecule is CN(C)c1ccnc(NC2CCC(CNC(=O)C=Cc3cccc([N+](=O)[O-])c3)CC2)n1. The van der Waals surface area contributed by atoms with Gasteiger partial charge in [-0.2, -0.15) is 4.98 Å². The number of carbonyl (C=O) groups is 1. The number of hydrogen-bond acceptors (Lipinski definition) is 7. The van der Waals surface area contributed by atoms with Crippen molar-refractivity contribution in [3.63, 3.8) is 0 Å². The van der Waals surface area contributed by atoms with Crippen LogP contribution in [0.2, 0.25) is 0 Å². The number of amides is 1. The normalized spacial score (nSPS) is 18.5. The van der Waals surface area contributed by atoms with Gasteiger partial charge >= 0.3 is 0 Å². The molecule has 0 aliphatic heterocycles. The van der Waals surface area contributed by atoms with Crippen molar-refractivity contribution >= 4 is 29.4 Å². The summed E-state index contributed by atoms with van der Waals surface area (Å²) in [6, 6.07) is 8.40. The maximum atomic E-state index is 12.1. The van der Waals surface area contributed by atoms with Gasteiger partial charge in [-0.05, 0) is 49.3 Å². The first kappa shape index (κ1) is 22.2. The number of nitrogens with one attached hydrogen (secondary N) is 2. The average Bonchev–Trinajstić information content (AvgIpc) is 2.77. The van der Waals surface area contributed by atoms with Crippen LogP contribution in [0.1, 0.15) is 31.2 Å². The highest BCUT2D eigenvalue weighted by Gasteiger charge is 2.22. The molecule has 1 heterocycles. The van der Waals surface area contributed by atoms with Crippen molar-refractivity contribution in [1.29, 1.82) is 0 Å². The number of aromatic nitrogens is 2. The van der Waals surface area contributed by atoms with E-state index in [1.807, 2.05) is 25.1 Å². The fourth-order valence-corrected chi connectivity index (χ4v) is 3.58. The minimum atomic E-state index is -0.451. The fraction of sp³-hybridized carbons (Fsp3) is 0.409. The van der Waals surface area contributed by atoms with Gasteiger partial charge in [-0.25, -0.2) is 4.98 Å². The highest BCUT2D eigenvalue weighted by Crippen LogP contribution is 2.25. The first-order valence-electron chi connectivity index (χ1n) is 10.4. The number of hydrogen-bond donors (Lipinski definition) is 2. The van der Waals surface area contributed by atoms with Gasteiger partial charge < -0.3 is 15.5 Å². The second-order valence-electron chi connectivity index (χ2n) is 7.93. The summed E-state index contributed by atoms with van der Waals surface area (Å²) < 4.78 is 0. The summed E-state index contributed by atoms with van der Waals surface area (Å²) in [4.78, 5) is 33.2. The lowest BCUT2D eigenvalue weighted by molar-refractivity contribution is -0.384. The highest BCUT2D eigenvalue weighted by molar-refractivity contribution is 5.91. The Bertz CT molecular complexity index is 938.